The van der Waals surface area contributed by atoms with E-state index in [4.69, 9.17) is 4.74 Å². The molecule has 120 valence electrons. The minimum atomic E-state index is -0.0363. The summed E-state index contributed by atoms with van der Waals surface area (Å²) in [5.74, 6) is 1.69. The van der Waals surface area contributed by atoms with Crippen molar-refractivity contribution in [2.24, 2.45) is 0 Å². The molecule has 1 atom stereocenters. The Bertz CT molecular complexity index is 619. The molecule has 3 rings (SSSR count). The van der Waals surface area contributed by atoms with Gasteiger partial charge in [-0.2, -0.15) is 10.2 Å². The third-order valence-corrected chi connectivity index (χ3v) is 4.05. The standard InChI is InChI=1S/C15H24N6O/c1-4-14-16-15(18-17-14)13-10-20(7-8-22-13)5-6-21-12(3)9-11(2)19-21/h9,13H,4-8,10H2,1-3H3,(H,16,17,18)/t13-/m1/s1. The van der Waals surface area contributed by atoms with E-state index in [1.807, 2.05) is 6.92 Å². The van der Waals surface area contributed by atoms with Crippen molar-refractivity contribution in [3.63, 3.8) is 0 Å². The van der Waals surface area contributed by atoms with Crippen molar-refractivity contribution in [3.05, 3.63) is 29.1 Å². The fourth-order valence-corrected chi connectivity index (χ4v) is 2.81. The molecule has 0 radical (unpaired) electrons. The zero-order valence-electron chi connectivity index (χ0n) is 13.5. The SMILES string of the molecule is CCc1nc([C@H]2CN(CCn3nc(C)cc3C)CCO2)n[nH]1. The maximum atomic E-state index is 5.82. The number of hydrogen-bond acceptors (Lipinski definition) is 5. The molecule has 1 N–H and O–H groups in total. The van der Waals surface area contributed by atoms with Crippen LogP contribution in [0.1, 0.15) is 36.1 Å². The van der Waals surface area contributed by atoms with Gasteiger partial charge in [-0.1, -0.05) is 6.92 Å². The molecule has 0 aromatic carbocycles. The molecule has 1 saturated heterocycles. The number of rotatable bonds is 5. The maximum Gasteiger partial charge on any atom is 0.180 e. The molecule has 7 nitrogen and oxygen atoms in total. The quantitative estimate of drug-likeness (QED) is 0.900. The molecule has 22 heavy (non-hydrogen) atoms. The molecule has 1 aliphatic heterocycles. The second-order valence-corrected chi connectivity index (χ2v) is 5.80. The number of aromatic nitrogens is 5. The monoisotopic (exact) mass is 304 g/mol. The van der Waals surface area contributed by atoms with Crippen molar-refractivity contribution in [2.75, 3.05) is 26.2 Å². The van der Waals surface area contributed by atoms with Crippen molar-refractivity contribution in [1.29, 1.82) is 0 Å². The second kappa shape index (κ2) is 6.58. The van der Waals surface area contributed by atoms with Gasteiger partial charge >= 0.3 is 0 Å². The Morgan fingerprint density at radius 2 is 2.23 bits per heavy atom. The summed E-state index contributed by atoms with van der Waals surface area (Å²) in [5.41, 5.74) is 2.29. The van der Waals surface area contributed by atoms with Crippen LogP contribution in [0.15, 0.2) is 6.07 Å². The van der Waals surface area contributed by atoms with E-state index in [0.29, 0.717) is 0 Å². The Kier molecular flexibility index (Phi) is 4.54. The van der Waals surface area contributed by atoms with Crippen LogP contribution in [0.3, 0.4) is 0 Å². The molecular formula is C15H24N6O. The number of morpholine rings is 1. The summed E-state index contributed by atoms with van der Waals surface area (Å²) in [5, 5.41) is 11.8. The molecule has 0 amide bonds. The first-order chi connectivity index (χ1) is 10.7. The van der Waals surface area contributed by atoms with E-state index in [2.05, 4.69) is 49.8 Å². The number of ether oxygens (including phenoxy) is 1. The Hall–Kier alpha value is -1.73. The van der Waals surface area contributed by atoms with Gasteiger partial charge in [0.2, 0.25) is 0 Å². The molecule has 0 aliphatic carbocycles. The molecule has 2 aromatic heterocycles. The average molecular weight is 304 g/mol. The van der Waals surface area contributed by atoms with Gasteiger partial charge < -0.3 is 4.74 Å². The predicted octanol–water partition coefficient (Wildman–Crippen LogP) is 1.25. The van der Waals surface area contributed by atoms with Crippen molar-refractivity contribution < 1.29 is 4.74 Å². The molecule has 2 aromatic rings. The van der Waals surface area contributed by atoms with Crippen molar-refractivity contribution in [1.82, 2.24) is 29.9 Å². The van der Waals surface area contributed by atoms with Crippen LogP contribution in [-0.2, 0) is 17.7 Å². The van der Waals surface area contributed by atoms with Gasteiger partial charge in [-0.05, 0) is 19.9 Å². The minimum absolute atomic E-state index is 0.0363. The Morgan fingerprint density at radius 3 is 2.91 bits per heavy atom. The number of H-pyrrole nitrogens is 1. The third-order valence-electron chi connectivity index (χ3n) is 4.05. The van der Waals surface area contributed by atoms with Crippen LogP contribution in [0, 0.1) is 13.8 Å². The van der Waals surface area contributed by atoms with Gasteiger partial charge in [0, 0.05) is 31.7 Å². The number of aryl methyl sites for hydroxylation is 3. The lowest BCUT2D eigenvalue weighted by Crippen LogP contribution is -2.40. The maximum absolute atomic E-state index is 5.82. The lowest BCUT2D eigenvalue weighted by molar-refractivity contribution is -0.0353. The van der Waals surface area contributed by atoms with E-state index < -0.39 is 0 Å². The highest BCUT2D eigenvalue weighted by atomic mass is 16.5. The van der Waals surface area contributed by atoms with Crippen LogP contribution < -0.4 is 0 Å². The zero-order chi connectivity index (χ0) is 15.5. The molecule has 1 fully saturated rings. The summed E-state index contributed by atoms with van der Waals surface area (Å²) in [4.78, 5) is 6.88. The van der Waals surface area contributed by atoms with Gasteiger partial charge in [-0.25, -0.2) is 4.98 Å². The van der Waals surface area contributed by atoms with E-state index in [-0.39, 0.29) is 6.10 Å². The van der Waals surface area contributed by atoms with Gasteiger partial charge in [-0.15, -0.1) is 0 Å². The summed E-state index contributed by atoms with van der Waals surface area (Å²) in [6, 6.07) is 2.11. The topological polar surface area (TPSA) is 71.9 Å². The third kappa shape index (κ3) is 3.36. The fraction of sp³-hybridized carbons (Fsp3) is 0.667. The Morgan fingerprint density at radius 1 is 1.36 bits per heavy atom. The van der Waals surface area contributed by atoms with E-state index in [0.717, 1.165) is 56.5 Å². The molecule has 0 bridgehead atoms. The number of hydrogen-bond donors (Lipinski definition) is 1. The van der Waals surface area contributed by atoms with E-state index in [1.165, 1.54) is 5.69 Å². The second-order valence-electron chi connectivity index (χ2n) is 5.80. The molecule has 0 saturated carbocycles. The van der Waals surface area contributed by atoms with Crippen LogP contribution in [0.5, 0.6) is 0 Å². The van der Waals surface area contributed by atoms with Gasteiger partial charge in [0.05, 0.1) is 18.8 Å². The smallest absolute Gasteiger partial charge is 0.180 e. The summed E-state index contributed by atoms with van der Waals surface area (Å²) in [6.07, 6.45) is 0.826. The van der Waals surface area contributed by atoms with Crippen LogP contribution in [0.4, 0.5) is 0 Å². The normalized spacial score (nSPS) is 19.7. The lowest BCUT2D eigenvalue weighted by atomic mass is 10.2. The van der Waals surface area contributed by atoms with Gasteiger partial charge in [0.1, 0.15) is 11.9 Å². The highest BCUT2D eigenvalue weighted by Crippen LogP contribution is 2.19. The average Bonchev–Trinajstić information content (AvgIpc) is 3.12. The first-order valence-corrected chi connectivity index (χ1v) is 7.92. The zero-order valence-corrected chi connectivity index (χ0v) is 13.5. The Balaban J connectivity index is 1.57. The van der Waals surface area contributed by atoms with Crippen LogP contribution in [-0.4, -0.2) is 56.1 Å². The van der Waals surface area contributed by atoms with E-state index in [9.17, 15) is 0 Å². The first-order valence-electron chi connectivity index (χ1n) is 7.92. The summed E-state index contributed by atoms with van der Waals surface area (Å²) in [7, 11) is 0. The fourth-order valence-electron chi connectivity index (χ4n) is 2.81. The minimum Gasteiger partial charge on any atom is -0.367 e. The molecule has 7 heteroatoms. The predicted molar refractivity (Wildman–Crippen MR) is 82.6 cm³/mol. The molecule has 1 aliphatic rings. The summed E-state index contributed by atoms with van der Waals surface area (Å²) in [6.45, 7) is 10.6. The van der Waals surface area contributed by atoms with Crippen molar-refractivity contribution >= 4 is 0 Å². The molecule has 0 spiro atoms. The largest absolute Gasteiger partial charge is 0.367 e. The van der Waals surface area contributed by atoms with Crippen LogP contribution in [0.2, 0.25) is 0 Å². The highest BCUT2D eigenvalue weighted by Gasteiger charge is 2.25. The van der Waals surface area contributed by atoms with Crippen LogP contribution in [0.25, 0.3) is 0 Å². The summed E-state index contributed by atoms with van der Waals surface area (Å²) < 4.78 is 7.89. The van der Waals surface area contributed by atoms with Gasteiger partial charge in [-0.3, -0.25) is 14.7 Å². The van der Waals surface area contributed by atoms with E-state index >= 15 is 0 Å². The van der Waals surface area contributed by atoms with Gasteiger partial charge in [0.15, 0.2) is 5.82 Å². The number of nitrogens with zero attached hydrogens (tertiary/aromatic N) is 5. The number of aromatic amines is 1. The first kappa shape index (κ1) is 15.2. The molecule has 0 unspecified atom stereocenters. The van der Waals surface area contributed by atoms with Gasteiger partial charge in [0.25, 0.3) is 0 Å². The van der Waals surface area contributed by atoms with E-state index in [1.54, 1.807) is 0 Å². The highest BCUT2D eigenvalue weighted by molar-refractivity contribution is 5.06. The van der Waals surface area contributed by atoms with Crippen molar-refractivity contribution in [2.45, 2.75) is 39.8 Å². The molecule has 3 heterocycles. The summed E-state index contributed by atoms with van der Waals surface area (Å²) >= 11 is 0. The van der Waals surface area contributed by atoms with Crippen molar-refractivity contribution in [3.8, 4) is 0 Å². The van der Waals surface area contributed by atoms with Crippen LogP contribution >= 0.6 is 0 Å². The Labute approximate surface area is 130 Å². The lowest BCUT2D eigenvalue weighted by Gasteiger charge is -2.31. The number of nitrogens with one attached hydrogen (secondary N) is 1. The molecular weight excluding hydrogens is 280 g/mol.